The smallest absolute Gasteiger partial charge is 0.191 e. The molecule has 0 saturated carbocycles. The Labute approximate surface area is 160 Å². The first-order valence-corrected chi connectivity index (χ1v) is 10.8. The molecule has 1 saturated heterocycles. The lowest BCUT2D eigenvalue weighted by Gasteiger charge is -2.17. The molecule has 3 rings (SSSR count). The molecule has 1 atom stereocenters. The molecule has 0 aromatic heterocycles. The van der Waals surface area contributed by atoms with Crippen LogP contribution in [-0.4, -0.2) is 39.0 Å². The summed E-state index contributed by atoms with van der Waals surface area (Å²) >= 11 is 0. The van der Waals surface area contributed by atoms with Gasteiger partial charge in [0.25, 0.3) is 0 Å². The highest BCUT2D eigenvalue weighted by Gasteiger charge is 2.28. The van der Waals surface area contributed by atoms with E-state index in [-0.39, 0.29) is 17.5 Å². The number of benzene rings is 2. The summed E-state index contributed by atoms with van der Waals surface area (Å²) in [4.78, 5) is 4.20. The summed E-state index contributed by atoms with van der Waals surface area (Å²) in [6.45, 7) is 2.55. The van der Waals surface area contributed by atoms with Crippen LogP contribution >= 0.6 is 0 Å². The van der Waals surface area contributed by atoms with Crippen molar-refractivity contribution in [3.8, 4) is 11.5 Å². The second kappa shape index (κ2) is 8.43. The Hall–Kier alpha value is -2.54. The predicted octanol–water partition coefficient (Wildman–Crippen LogP) is 2.64. The van der Waals surface area contributed by atoms with Gasteiger partial charge in [-0.1, -0.05) is 35.9 Å². The molecule has 1 aliphatic rings. The number of aliphatic imine (C=N–C) groups is 1. The normalized spacial score (nSPS) is 18.9. The Morgan fingerprint density at radius 1 is 1.19 bits per heavy atom. The van der Waals surface area contributed by atoms with Crippen LogP contribution in [0, 0.1) is 6.92 Å². The van der Waals surface area contributed by atoms with Crippen LogP contribution in [0.4, 0.5) is 0 Å². The van der Waals surface area contributed by atoms with Crippen molar-refractivity contribution in [2.75, 3.05) is 18.6 Å². The fraction of sp³-hybridized carbons (Fsp3) is 0.350. The minimum absolute atomic E-state index is 0.0970. The highest BCUT2D eigenvalue weighted by Crippen LogP contribution is 2.25. The third kappa shape index (κ3) is 5.47. The number of aryl methyl sites for hydroxylation is 1. The van der Waals surface area contributed by atoms with Crippen LogP contribution in [0.15, 0.2) is 53.5 Å². The zero-order chi connectivity index (χ0) is 19.3. The highest BCUT2D eigenvalue weighted by molar-refractivity contribution is 7.91. The summed E-state index contributed by atoms with van der Waals surface area (Å²) in [6, 6.07) is 15.6. The van der Waals surface area contributed by atoms with Crippen LogP contribution in [0.25, 0.3) is 0 Å². The molecule has 27 heavy (non-hydrogen) atoms. The third-order valence-corrected chi connectivity index (χ3v) is 6.23. The van der Waals surface area contributed by atoms with Crippen LogP contribution in [0.2, 0.25) is 0 Å². The average Bonchev–Trinajstić information content (AvgIpc) is 3.00. The van der Waals surface area contributed by atoms with E-state index < -0.39 is 9.84 Å². The molecule has 6 nitrogen and oxygen atoms in total. The van der Waals surface area contributed by atoms with Gasteiger partial charge in [-0.15, -0.1) is 0 Å². The maximum Gasteiger partial charge on any atom is 0.191 e. The van der Waals surface area contributed by atoms with Gasteiger partial charge in [0.2, 0.25) is 0 Å². The van der Waals surface area contributed by atoms with Crippen molar-refractivity contribution in [3.05, 3.63) is 59.7 Å². The molecule has 0 amide bonds. The van der Waals surface area contributed by atoms with Gasteiger partial charge in [0.15, 0.2) is 15.8 Å². The van der Waals surface area contributed by atoms with E-state index in [4.69, 9.17) is 4.74 Å². The van der Waals surface area contributed by atoms with E-state index in [1.807, 2.05) is 55.5 Å². The summed E-state index contributed by atoms with van der Waals surface area (Å²) in [5, 5.41) is 6.43. The number of ether oxygens (including phenoxy) is 1. The van der Waals surface area contributed by atoms with Crippen LogP contribution in [-0.2, 0) is 16.4 Å². The number of hydrogen-bond acceptors (Lipinski definition) is 4. The lowest BCUT2D eigenvalue weighted by molar-refractivity contribution is 0.475. The van der Waals surface area contributed by atoms with Gasteiger partial charge in [0.1, 0.15) is 11.5 Å². The van der Waals surface area contributed by atoms with Crippen LogP contribution in [0.5, 0.6) is 11.5 Å². The largest absolute Gasteiger partial charge is 0.457 e. The Morgan fingerprint density at radius 3 is 2.59 bits per heavy atom. The Kier molecular flexibility index (Phi) is 6.01. The zero-order valence-electron chi connectivity index (χ0n) is 15.6. The monoisotopic (exact) mass is 387 g/mol. The lowest BCUT2D eigenvalue weighted by Crippen LogP contribution is -2.43. The fourth-order valence-corrected chi connectivity index (χ4v) is 4.63. The topological polar surface area (TPSA) is 79.8 Å². The van der Waals surface area contributed by atoms with Crippen LogP contribution in [0.1, 0.15) is 17.5 Å². The molecule has 0 spiro atoms. The number of sulfone groups is 1. The summed E-state index contributed by atoms with van der Waals surface area (Å²) < 4.78 is 29.2. The molecule has 1 heterocycles. The summed E-state index contributed by atoms with van der Waals surface area (Å²) in [5.41, 5.74) is 2.17. The van der Waals surface area contributed by atoms with E-state index >= 15 is 0 Å². The summed E-state index contributed by atoms with van der Waals surface area (Å²) in [6.07, 6.45) is 0.607. The maximum absolute atomic E-state index is 11.6. The van der Waals surface area contributed by atoms with E-state index in [1.54, 1.807) is 7.05 Å². The Morgan fingerprint density at radius 2 is 1.93 bits per heavy atom. The Balaban J connectivity index is 1.62. The van der Waals surface area contributed by atoms with Gasteiger partial charge in [-0.05, 0) is 31.5 Å². The first-order valence-electron chi connectivity index (χ1n) is 8.95. The molecule has 0 bridgehead atoms. The molecule has 1 aliphatic heterocycles. The first kappa shape index (κ1) is 19.2. The van der Waals surface area contributed by atoms with Crippen molar-refractivity contribution in [1.29, 1.82) is 0 Å². The second-order valence-corrected chi connectivity index (χ2v) is 8.92. The van der Waals surface area contributed by atoms with Crippen molar-refractivity contribution in [2.45, 2.75) is 25.9 Å². The van der Waals surface area contributed by atoms with E-state index in [1.165, 1.54) is 5.56 Å². The van der Waals surface area contributed by atoms with Gasteiger partial charge in [-0.25, -0.2) is 8.42 Å². The van der Waals surface area contributed by atoms with Gasteiger partial charge < -0.3 is 15.4 Å². The minimum Gasteiger partial charge on any atom is -0.457 e. The SMILES string of the molecule is CN=C(NCc1ccccc1Oc1ccc(C)cc1)NC1CCS(=O)(=O)C1. The fourth-order valence-electron chi connectivity index (χ4n) is 2.96. The predicted molar refractivity (Wildman–Crippen MR) is 108 cm³/mol. The number of nitrogens with zero attached hydrogens (tertiary/aromatic N) is 1. The summed E-state index contributed by atoms with van der Waals surface area (Å²) in [5.74, 6) is 2.53. The lowest BCUT2D eigenvalue weighted by atomic mass is 10.2. The quantitative estimate of drug-likeness (QED) is 0.609. The minimum atomic E-state index is -2.93. The van der Waals surface area contributed by atoms with E-state index in [9.17, 15) is 8.42 Å². The molecule has 144 valence electrons. The van der Waals surface area contributed by atoms with Gasteiger partial charge in [0, 0.05) is 25.2 Å². The maximum atomic E-state index is 11.6. The van der Waals surface area contributed by atoms with Crippen LogP contribution < -0.4 is 15.4 Å². The Bertz CT molecular complexity index is 908. The zero-order valence-corrected chi connectivity index (χ0v) is 16.4. The van der Waals surface area contributed by atoms with Crippen molar-refractivity contribution in [1.82, 2.24) is 10.6 Å². The summed E-state index contributed by atoms with van der Waals surface area (Å²) in [7, 11) is -1.25. The van der Waals surface area contributed by atoms with Crippen molar-refractivity contribution < 1.29 is 13.2 Å². The van der Waals surface area contributed by atoms with E-state index in [0.29, 0.717) is 18.9 Å². The third-order valence-electron chi connectivity index (χ3n) is 4.46. The second-order valence-electron chi connectivity index (χ2n) is 6.69. The molecule has 2 aromatic carbocycles. The van der Waals surface area contributed by atoms with Gasteiger partial charge in [0.05, 0.1) is 11.5 Å². The molecular formula is C20H25N3O3S. The highest BCUT2D eigenvalue weighted by atomic mass is 32.2. The van der Waals surface area contributed by atoms with Crippen molar-refractivity contribution in [3.63, 3.8) is 0 Å². The number of guanidine groups is 1. The number of hydrogen-bond donors (Lipinski definition) is 2. The standard InChI is InChI=1S/C20H25N3O3S/c1-15-7-9-18(10-8-15)26-19-6-4-3-5-16(19)13-22-20(21-2)23-17-11-12-27(24,25)14-17/h3-10,17H,11-14H2,1-2H3,(H2,21,22,23). The molecule has 1 unspecified atom stereocenters. The number of para-hydroxylation sites is 1. The molecule has 2 aromatic rings. The number of nitrogens with one attached hydrogen (secondary N) is 2. The molecule has 0 radical (unpaired) electrons. The van der Waals surface area contributed by atoms with Crippen LogP contribution in [0.3, 0.4) is 0 Å². The van der Waals surface area contributed by atoms with Crippen molar-refractivity contribution in [2.24, 2.45) is 4.99 Å². The molecule has 7 heteroatoms. The van der Waals surface area contributed by atoms with Gasteiger partial charge in [-0.3, -0.25) is 4.99 Å². The molecule has 0 aliphatic carbocycles. The first-order chi connectivity index (χ1) is 12.9. The van der Waals surface area contributed by atoms with Gasteiger partial charge in [-0.2, -0.15) is 0 Å². The molecule has 2 N–H and O–H groups in total. The van der Waals surface area contributed by atoms with Crippen molar-refractivity contribution >= 4 is 15.8 Å². The molecular weight excluding hydrogens is 362 g/mol. The average molecular weight is 388 g/mol. The molecule has 1 fully saturated rings. The number of rotatable bonds is 5. The van der Waals surface area contributed by atoms with E-state index in [0.717, 1.165) is 17.1 Å². The van der Waals surface area contributed by atoms with Gasteiger partial charge >= 0.3 is 0 Å². The van der Waals surface area contributed by atoms with E-state index in [2.05, 4.69) is 15.6 Å².